The minimum atomic E-state index is 0.613. The Morgan fingerprint density at radius 2 is 2.06 bits per heavy atom. The van der Waals surface area contributed by atoms with Gasteiger partial charge in [0.15, 0.2) is 0 Å². The highest BCUT2D eigenvalue weighted by Gasteiger charge is 2.05. The molecule has 4 nitrogen and oxygen atoms in total. The molecule has 2 rings (SSSR count). The van der Waals surface area contributed by atoms with Crippen LogP contribution in [0.2, 0.25) is 0 Å². The van der Waals surface area contributed by atoms with Gasteiger partial charge in [0, 0.05) is 36.9 Å². The molecule has 0 bridgehead atoms. The largest absolute Gasteiger partial charge is 0.360 e. The fraction of sp³-hybridized carbons (Fsp3) is 0.417. The molecule has 0 aliphatic rings. The van der Waals surface area contributed by atoms with Crippen LogP contribution in [-0.2, 0) is 6.42 Å². The van der Waals surface area contributed by atoms with Crippen molar-refractivity contribution in [2.24, 2.45) is 5.92 Å². The number of nitrogens with zero attached hydrogens (tertiary/aromatic N) is 3. The molecule has 0 fully saturated rings. The molecule has 0 saturated carbocycles. The van der Waals surface area contributed by atoms with Crippen LogP contribution in [0.4, 0.5) is 5.13 Å². The Kier molecular flexibility index (Phi) is 4.03. The highest BCUT2D eigenvalue weighted by Crippen LogP contribution is 2.14. The van der Waals surface area contributed by atoms with Crippen molar-refractivity contribution in [3.8, 4) is 0 Å². The summed E-state index contributed by atoms with van der Waals surface area (Å²) in [7, 11) is 0. The molecule has 2 aromatic rings. The average Bonchev–Trinajstić information content (AvgIpc) is 2.75. The monoisotopic (exact) mass is 248 g/mol. The summed E-state index contributed by atoms with van der Waals surface area (Å²) in [6.45, 7) is 5.28. The van der Waals surface area contributed by atoms with E-state index in [2.05, 4.69) is 33.5 Å². The first kappa shape index (κ1) is 12.0. The third-order valence-electron chi connectivity index (χ3n) is 2.24. The molecule has 17 heavy (non-hydrogen) atoms. The number of aromatic nitrogens is 3. The van der Waals surface area contributed by atoms with Gasteiger partial charge in [-0.15, -0.1) is 0 Å². The quantitative estimate of drug-likeness (QED) is 0.883. The highest BCUT2D eigenvalue weighted by molar-refractivity contribution is 7.09. The molecule has 0 aromatic carbocycles. The van der Waals surface area contributed by atoms with E-state index in [4.69, 9.17) is 0 Å². The topological polar surface area (TPSA) is 50.7 Å². The maximum atomic E-state index is 4.45. The van der Waals surface area contributed by atoms with Crippen molar-refractivity contribution >= 4 is 16.7 Å². The fourth-order valence-corrected chi connectivity index (χ4v) is 1.96. The van der Waals surface area contributed by atoms with E-state index in [9.17, 15) is 0 Å². The van der Waals surface area contributed by atoms with Crippen LogP contribution in [-0.4, -0.2) is 20.9 Å². The molecular weight excluding hydrogens is 232 g/mol. The Balaban J connectivity index is 1.94. The normalized spacial score (nSPS) is 10.8. The zero-order chi connectivity index (χ0) is 12.1. The molecule has 0 radical (unpaired) electrons. The Morgan fingerprint density at radius 1 is 1.29 bits per heavy atom. The number of pyridine rings is 1. The van der Waals surface area contributed by atoms with E-state index in [0.29, 0.717) is 5.92 Å². The van der Waals surface area contributed by atoms with Gasteiger partial charge in [-0.1, -0.05) is 13.8 Å². The summed E-state index contributed by atoms with van der Waals surface area (Å²) in [6.07, 6.45) is 4.35. The van der Waals surface area contributed by atoms with Crippen molar-refractivity contribution in [2.75, 3.05) is 11.9 Å². The molecule has 0 amide bonds. The van der Waals surface area contributed by atoms with Crippen molar-refractivity contribution in [1.82, 2.24) is 14.3 Å². The van der Waals surface area contributed by atoms with Gasteiger partial charge in [-0.05, 0) is 23.6 Å². The van der Waals surface area contributed by atoms with Gasteiger partial charge in [-0.25, -0.2) is 4.98 Å². The van der Waals surface area contributed by atoms with Gasteiger partial charge >= 0.3 is 0 Å². The Bertz CT molecular complexity index is 453. The summed E-state index contributed by atoms with van der Waals surface area (Å²) in [5, 5.41) is 4.19. The second kappa shape index (κ2) is 5.72. The lowest BCUT2D eigenvalue weighted by atomic mass is 10.2. The first-order valence-electron chi connectivity index (χ1n) is 5.69. The van der Waals surface area contributed by atoms with Gasteiger partial charge in [-0.2, -0.15) is 4.37 Å². The van der Waals surface area contributed by atoms with E-state index in [1.54, 1.807) is 12.4 Å². The van der Waals surface area contributed by atoms with E-state index in [1.807, 2.05) is 12.1 Å². The van der Waals surface area contributed by atoms with Gasteiger partial charge in [-0.3, -0.25) is 4.98 Å². The molecular formula is C12H16N4S. The lowest BCUT2D eigenvalue weighted by Crippen LogP contribution is -2.07. The molecule has 5 heteroatoms. The average molecular weight is 248 g/mol. The van der Waals surface area contributed by atoms with Crippen molar-refractivity contribution in [3.63, 3.8) is 0 Å². The van der Waals surface area contributed by atoms with Gasteiger partial charge in [0.05, 0.1) is 0 Å². The molecule has 2 heterocycles. The van der Waals surface area contributed by atoms with E-state index in [-0.39, 0.29) is 0 Å². The maximum absolute atomic E-state index is 4.45. The van der Waals surface area contributed by atoms with Crippen molar-refractivity contribution in [3.05, 3.63) is 35.9 Å². The van der Waals surface area contributed by atoms with Crippen LogP contribution < -0.4 is 5.32 Å². The molecule has 0 aliphatic carbocycles. The molecule has 0 aliphatic heterocycles. The SMILES string of the molecule is CC(C)CNc1nc(Cc2ccncc2)ns1. The second-order valence-electron chi connectivity index (χ2n) is 4.32. The molecule has 0 atom stereocenters. The lowest BCUT2D eigenvalue weighted by molar-refractivity contribution is 0.688. The summed E-state index contributed by atoms with van der Waals surface area (Å²) < 4.78 is 4.34. The number of nitrogens with one attached hydrogen (secondary N) is 1. The highest BCUT2D eigenvalue weighted by atomic mass is 32.1. The number of anilines is 1. The van der Waals surface area contributed by atoms with E-state index < -0.39 is 0 Å². The Labute approximate surface area is 105 Å². The Hall–Kier alpha value is -1.49. The molecule has 0 spiro atoms. The zero-order valence-electron chi connectivity index (χ0n) is 10.1. The lowest BCUT2D eigenvalue weighted by Gasteiger charge is -2.03. The third-order valence-corrected chi connectivity index (χ3v) is 2.95. The van der Waals surface area contributed by atoms with E-state index in [0.717, 1.165) is 23.9 Å². The molecule has 90 valence electrons. The van der Waals surface area contributed by atoms with Crippen LogP contribution in [0.3, 0.4) is 0 Å². The van der Waals surface area contributed by atoms with Gasteiger partial charge in [0.2, 0.25) is 5.13 Å². The first-order chi connectivity index (χ1) is 8.24. The molecule has 2 aromatic heterocycles. The van der Waals surface area contributed by atoms with Crippen LogP contribution in [0.15, 0.2) is 24.5 Å². The minimum Gasteiger partial charge on any atom is -0.360 e. The summed E-state index contributed by atoms with van der Waals surface area (Å²) in [6, 6.07) is 3.98. The van der Waals surface area contributed by atoms with Crippen molar-refractivity contribution in [2.45, 2.75) is 20.3 Å². The molecule has 0 unspecified atom stereocenters. The van der Waals surface area contributed by atoms with Crippen LogP contribution in [0, 0.1) is 5.92 Å². The standard InChI is InChI=1S/C12H16N4S/c1-9(2)8-14-12-15-11(16-17-12)7-10-3-5-13-6-4-10/h3-6,9H,7-8H2,1-2H3,(H,14,15,16). The summed E-state index contributed by atoms with van der Waals surface area (Å²) in [5.74, 6) is 1.48. The molecule has 1 N–H and O–H groups in total. The van der Waals surface area contributed by atoms with Crippen molar-refractivity contribution < 1.29 is 0 Å². The van der Waals surface area contributed by atoms with Crippen molar-refractivity contribution in [1.29, 1.82) is 0 Å². The second-order valence-corrected chi connectivity index (χ2v) is 5.07. The fourth-order valence-electron chi connectivity index (χ4n) is 1.37. The predicted molar refractivity (Wildman–Crippen MR) is 70.3 cm³/mol. The number of hydrogen-bond donors (Lipinski definition) is 1. The van der Waals surface area contributed by atoms with Crippen LogP contribution in [0.1, 0.15) is 25.2 Å². The van der Waals surface area contributed by atoms with Crippen LogP contribution in [0.5, 0.6) is 0 Å². The predicted octanol–water partition coefficient (Wildman–Crippen LogP) is 2.59. The summed E-state index contributed by atoms with van der Waals surface area (Å²) >= 11 is 1.42. The Morgan fingerprint density at radius 3 is 2.76 bits per heavy atom. The van der Waals surface area contributed by atoms with Crippen LogP contribution in [0.25, 0.3) is 0 Å². The van der Waals surface area contributed by atoms with Gasteiger partial charge in [0.25, 0.3) is 0 Å². The number of hydrogen-bond acceptors (Lipinski definition) is 5. The first-order valence-corrected chi connectivity index (χ1v) is 6.46. The third kappa shape index (κ3) is 3.78. The van der Waals surface area contributed by atoms with Crippen LogP contribution >= 0.6 is 11.5 Å². The smallest absolute Gasteiger partial charge is 0.202 e. The minimum absolute atomic E-state index is 0.613. The summed E-state index contributed by atoms with van der Waals surface area (Å²) in [4.78, 5) is 8.44. The zero-order valence-corrected chi connectivity index (χ0v) is 10.9. The van der Waals surface area contributed by atoms with Gasteiger partial charge in [0.1, 0.15) is 5.82 Å². The van der Waals surface area contributed by atoms with E-state index in [1.165, 1.54) is 17.1 Å². The van der Waals surface area contributed by atoms with Gasteiger partial charge < -0.3 is 5.32 Å². The van der Waals surface area contributed by atoms with E-state index >= 15 is 0 Å². The molecule has 0 saturated heterocycles. The number of rotatable bonds is 5. The summed E-state index contributed by atoms with van der Waals surface area (Å²) in [5.41, 5.74) is 1.19. The maximum Gasteiger partial charge on any atom is 0.202 e.